The number of nitrogen functional groups attached to an aromatic ring is 1. The van der Waals surface area contributed by atoms with E-state index in [1.54, 1.807) is 0 Å². The van der Waals surface area contributed by atoms with Gasteiger partial charge in [-0.3, -0.25) is 0 Å². The van der Waals surface area contributed by atoms with Crippen molar-refractivity contribution < 1.29 is 0 Å². The Balaban J connectivity index is 1.81. The van der Waals surface area contributed by atoms with E-state index in [0.717, 1.165) is 47.5 Å². The molecular weight excluding hydrogens is 270 g/mol. The summed E-state index contributed by atoms with van der Waals surface area (Å²) in [6.45, 7) is 3.93. The molecule has 0 spiro atoms. The van der Waals surface area contributed by atoms with Gasteiger partial charge in [0, 0.05) is 18.5 Å². The Kier molecular flexibility index (Phi) is 3.00. The smallest absolute Gasteiger partial charge is 0.153 e. The van der Waals surface area contributed by atoms with Gasteiger partial charge in [0.25, 0.3) is 0 Å². The maximum absolute atomic E-state index is 6.40. The summed E-state index contributed by atoms with van der Waals surface area (Å²) in [6, 6.07) is 16.8. The summed E-state index contributed by atoms with van der Waals surface area (Å²) in [6.07, 6.45) is 1.04. The Labute approximate surface area is 130 Å². The summed E-state index contributed by atoms with van der Waals surface area (Å²) in [5.41, 5.74) is 12.2. The second-order valence-corrected chi connectivity index (χ2v) is 5.93. The van der Waals surface area contributed by atoms with Crippen LogP contribution >= 0.6 is 0 Å². The van der Waals surface area contributed by atoms with E-state index >= 15 is 0 Å². The van der Waals surface area contributed by atoms with Crippen molar-refractivity contribution in [1.29, 1.82) is 0 Å². The zero-order chi connectivity index (χ0) is 15.1. The highest BCUT2D eigenvalue weighted by molar-refractivity contribution is 5.90. The van der Waals surface area contributed by atoms with Gasteiger partial charge in [0.05, 0.1) is 11.2 Å². The van der Waals surface area contributed by atoms with E-state index < -0.39 is 0 Å². The molecule has 0 saturated heterocycles. The monoisotopic (exact) mass is 289 g/mol. The molecule has 22 heavy (non-hydrogen) atoms. The number of fused-ring (bicyclic) bond motifs is 2. The summed E-state index contributed by atoms with van der Waals surface area (Å²) in [5.74, 6) is 0.922. The van der Waals surface area contributed by atoms with Crippen LogP contribution in [0.15, 0.2) is 48.5 Å². The molecule has 1 aliphatic rings. The second-order valence-electron chi connectivity index (χ2n) is 5.93. The molecule has 2 N–H and O–H groups in total. The van der Waals surface area contributed by atoms with Crippen molar-refractivity contribution in [2.24, 2.45) is 0 Å². The lowest BCUT2D eigenvalue weighted by Gasteiger charge is -2.31. The highest BCUT2D eigenvalue weighted by atomic mass is 15.2. The molecule has 2 heterocycles. The summed E-state index contributed by atoms with van der Waals surface area (Å²) < 4.78 is 0. The van der Waals surface area contributed by atoms with Crippen LogP contribution in [0.2, 0.25) is 0 Å². The molecule has 1 aliphatic heterocycles. The van der Waals surface area contributed by atoms with Crippen molar-refractivity contribution in [1.82, 2.24) is 4.98 Å². The molecule has 2 aromatic carbocycles. The van der Waals surface area contributed by atoms with Gasteiger partial charge in [0.2, 0.25) is 0 Å². The van der Waals surface area contributed by atoms with Gasteiger partial charge in [-0.25, -0.2) is 4.98 Å². The number of hydrogen-bond donors (Lipinski definition) is 1. The molecule has 0 radical (unpaired) electrons. The number of nitrogens with zero attached hydrogens (tertiary/aromatic N) is 2. The number of anilines is 2. The number of pyridine rings is 1. The van der Waals surface area contributed by atoms with E-state index in [-0.39, 0.29) is 0 Å². The molecular formula is C19H19N3. The average molecular weight is 289 g/mol. The van der Waals surface area contributed by atoms with E-state index in [1.165, 1.54) is 11.1 Å². The molecule has 0 unspecified atom stereocenters. The molecule has 4 rings (SSSR count). The minimum Gasteiger partial charge on any atom is -0.396 e. The molecule has 0 saturated carbocycles. The molecule has 0 aliphatic carbocycles. The molecule has 3 aromatic rings. The molecule has 110 valence electrons. The van der Waals surface area contributed by atoms with Crippen LogP contribution in [0.1, 0.15) is 16.7 Å². The van der Waals surface area contributed by atoms with Gasteiger partial charge in [-0.2, -0.15) is 0 Å². The van der Waals surface area contributed by atoms with Gasteiger partial charge in [-0.15, -0.1) is 0 Å². The van der Waals surface area contributed by atoms with Crippen molar-refractivity contribution in [3.8, 4) is 0 Å². The minimum atomic E-state index is 0.804. The maximum atomic E-state index is 6.40. The van der Waals surface area contributed by atoms with Crippen LogP contribution in [-0.4, -0.2) is 11.5 Å². The molecule has 0 bridgehead atoms. The number of hydrogen-bond acceptors (Lipinski definition) is 3. The van der Waals surface area contributed by atoms with E-state index in [9.17, 15) is 0 Å². The average Bonchev–Trinajstić information content (AvgIpc) is 2.58. The van der Waals surface area contributed by atoms with Crippen LogP contribution in [0.3, 0.4) is 0 Å². The van der Waals surface area contributed by atoms with Crippen molar-refractivity contribution in [2.75, 3.05) is 17.2 Å². The maximum Gasteiger partial charge on any atom is 0.153 e. The summed E-state index contributed by atoms with van der Waals surface area (Å²) in [5, 5.41) is 1.14. The lowest BCUT2D eigenvalue weighted by atomic mass is 9.99. The van der Waals surface area contributed by atoms with Gasteiger partial charge in [-0.05, 0) is 36.1 Å². The van der Waals surface area contributed by atoms with E-state index in [2.05, 4.69) is 48.2 Å². The topological polar surface area (TPSA) is 42.1 Å². The molecule has 3 nitrogen and oxygen atoms in total. The molecule has 0 fully saturated rings. The number of aryl methyl sites for hydroxylation is 1. The first-order valence-corrected chi connectivity index (χ1v) is 7.70. The normalized spacial score (nSPS) is 14.1. The zero-order valence-corrected chi connectivity index (χ0v) is 12.7. The van der Waals surface area contributed by atoms with Gasteiger partial charge in [-0.1, -0.05) is 42.5 Å². The molecule has 3 heteroatoms. The number of nitrogens with two attached hydrogens (primary N) is 1. The Morgan fingerprint density at radius 2 is 1.73 bits per heavy atom. The van der Waals surface area contributed by atoms with Crippen molar-refractivity contribution in [3.63, 3.8) is 0 Å². The van der Waals surface area contributed by atoms with Gasteiger partial charge in [0.1, 0.15) is 0 Å². The number of benzene rings is 2. The van der Waals surface area contributed by atoms with E-state index in [4.69, 9.17) is 10.7 Å². The summed E-state index contributed by atoms with van der Waals surface area (Å²) in [7, 11) is 0. The van der Waals surface area contributed by atoms with Crippen LogP contribution in [0.4, 0.5) is 11.5 Å². The van der Waals surface area contributed by atoms with Gasteiger partial charge < -0.3 is 10.6 Å². The van der Waals surface area contributed by atoms with Crippen molar-refractivity contribution >= 4 is 22.4 Å². The Bertz CT molecular complexity index is 854. The lowest BCUT2D eigenvalue weighted by molar-refractivity contribution is 0.723. The standard InChI is InChI=1S/C19H19N3/c1-13-16-8-4-5-9-17(16)21-19(18(13)20)22-11-10-14-6-2-3-7-15(14)12-22/h2-9H,10-12,20H2,1H3. The quantitative estimate of drug-likeness (QED) is 0.743. The molecule has 0 atom stereocenters. The Morgan fingerprint density at radius 1 is 1.00 bits per heavy atom. The largest absolute Gasteiger partial charge is 0.396 e. The first kappa shape index (κ1) is 13.1. The Hall–Kier alpha value is -2.55. The minimum absolute atomic E-state index is 0.804. The fraction of sp³-hybridized carbons (Fsp3) is 0.211. The zero-order valence-electron chi connectivity index (χ0n) is 12.7. The lowest BCUT2D eigenvalue weighted by Crippen LogP contribution is -2.31. The SMILES string of the molecule is Cc1c(N)c(N2CCc3ccccc3C2)nc2ccccc12. The first-order valence-electron chi connectivity index (χ1n) is 7.70. The molecule has 0 amide bonds. The third-order valence-corrected chi connectivity index (χ3v) is 4.61. The van der Waals surface area contributed by atoms with Crippen LogP contribution in [0, 0.1) is 6.92 Å². The fourth-order valence-electron chi connectivity index (χ4n) is 3.29. The van der Waals surface area contributed by atoms with Crippen LogP contribution in [-0.2, 0) is 13.0 Å². The third-order valence-electron chi connectivity index (χ3n) is 4.61. The van der Waals surface area contributed by atoms with Gasteiger partial charge >= 0.3 is 0 Å². The first-order chi connectivity index (χ1) is 10.7. The van der Waals surface area contributed by atoms with Crippen LogP contribution in [0.5, 0.6) is 0 Å². The van der Waals surface area contributed by atoms with Crippen LogP contribution in [0.25, 0.3) is 10.9 Å². The van der Waals surface area contributed by atoms with Gasteiger partial charge in [0.15, 0.2) is 5.82 Å². The summed E-state index contributed by atoms with van der Waals surface area (Å²) in [4.78, 5) is 7.14. The van der Waals surface area contributed by atoms with Crippen LogP contribution < -0.4 is 10.6 Å². The number of aromatic nitrogens is 1. The summed E-state index contributed by atoms with van der Waals surface area (Å²) >= 11 is 0. The fourth-order valence-corrected chi connectivity index (χ4v) is 3.29. The van der Waals surface area contributed by atoms with Crippen molar-refractivity contribution in [3.05, 3.63) is 65.2 Å². The third kappa shape index (κ3) is 2.01. The predicted molar refractivity (Wildman–Crippen MR) is 92.1 cm³/mol. The highest BCUT2D eigenvalue weighted by Gasteiger charge is 2.20. The predicted octanol–water partition coefficient (Wildman–Crippen LogP) is 3.69. The van der Waals surface area contributed by atoms with Crippen molar-refractivity contribution in [2.45, 2.75) is 19.9 Å². The van der Waals surface area contributed by atoms with E-state index in [0.29, 0.717) is 0 Å². The molecule has 1 aromatic heterocycles. The number of rotatable bonds is 1. The van der Waals surface area contributed by atoms with E-state index in [1.807, 2.05) is 12.1 Å². The highest BCUT2D eigenvalue weighted by Crippen LogP contribution is 2.33. The Morgan fingerprint density at radius 3 is 2.59 bits per heavy atom. The number of para-hydroxylation sites is 1. The second kappa shape index (κ2) is 5.02.